The van der Waals surface area contributed by atoms with Crippen LogP contribution in [0.4, 0.5) is 10.5 Å². The second kappa shape index (κ2) is 7.31. The second-order valence-electron chi connectivity index (χ2n) is 5.94. The Morgan fingerprint density at radius 2 is 1.92 bits per heavy atom. The molecular formula is C18H21N4O3+. The van der Waals surface area contributed by atoms with Crippen molar-refractivity contribution in [2.75, 3.05) is 18.4 Å². The Morgan fingerprint density at radius 1 is 1.20 bits per heavy atom. The first-order valence-electron chi connectivity index (χ1n) is 8.19. The molecule has 25 heavy (non-hydrogen) atoms. The summed E-state index contributed by atoms with van der Waals surface area (Å²) in [5.74, 6) is 0.266. The van der Waals surface area contributed by atoms with Gasteiger partial charge in [0.05, 0.1) is 6.54 Å². The molecule has 2 aromatic rings. The topological polar surface area (TPSA) is 94.3 Å². The third-order valence-corrected chi connectivity index (χ3v) is 4.43. The smallest absolute Gasteiger partial charge is 0.424 e. The number of nitrogens with two attached hydrogens (primary N) is 1. The van der Waals surface area contributed by atoms with Crippen molar-refractivity contribution in [3.05, 3.63) is 54.9 Å². The summed E-state index contributed by atoms with van der Waals surface area (Å²) in [6.45, 7) is 0.351. The van der Waals surface area contributed by atoms with Gasteiger partial charge in [-0.1, -0.05) is 18.2 Å². The third kappa shape index (κ3) is 3.46. The molecule has 130 valence electrons. The highest BCUT2D eigenvalue weighted by molar-refractivity contribution is 5.86. The van der Waals surface area contributed by atoms with Crippen LogP contribution in [0.3, 0.4) is 0 Å². The maximum absolute atomic E-state index is 12.9. The average molecular weight is 341 g/mol. The van der Waals surface area contributed by atoms with Crippen LogP contribution >= 0.6 is 0 Å². The number of benzene rings is 1. The number of imide groups is 1. The number of anilines is 1. The van der Waals surface area contributed by atoms with Crippen molar-refractivity contribution in [2.24, 2.45) is 5.73 Å². The summed E-state index contributed by atoms with van der Waals surface area (Å²) in [6.07, 6.45) is 3.85. The Morgan fingerprint density at radius 3 is 2.60 bits per heavy atom. The predicted molar refractivity (Wildman–Crippen MR) is 92.5 cm³/mol. The number of rotatable bonds is 5. The molecule has 1 aliphatic heterocycles. The van der Waals surface area contributed by atoms with Crippen molar-refractivity contribution in [3.8, 4) is 5.75 Å². The molecule has 1 saturated heterocycles. The van der Waals surface area contributed by atoms with E-state index in [0.717, 1.165) is 5.69 Å². The lowest BCUT2D eigenvalue weighted by Gasteiger charge is -2.32. The number of likely N-dealkylation sites (tertiary alicyclic amines) is 1. The first kappa shape index (κ1) is 16.9. The number of pyridine rings is 1. The van der Waals surface area contributed by atoms with Gasteiger partial charge in [0.25, 0.3) is 0 Å². The number of urea groups is 1. The number of hydrogen-bond acceptors (Lipinski definition) is 5. The number of ether oxygens (including phenoxy) is 1. The van der Waals surface area contributed by atoms with Gasteiger partial charge < -0.3 is 15.8 Å². The van der Waals surface area contributed by atoms with Crippen molar-refractivity contribution in [3.63, 3.8) is 0 Å². The molecule has 1 aliphatic rings. The molecule has 0 spiro atoms. The fourth-order valence-electron chi connectivity index (χ4n) is 3.14. The number of primary amides is 1. The van der Waals surface area contributed by atoms with Crippen molar-refractivity contribution in [1.29, 1.82) is 0 Å². The van der Waals surface area contributed by atoms with E-state index in [9.17, 15) is 9.59 Å². The van der Waals surface area contributed by atoms with Gasteiger partial charge in [0.2, 0.25) is 6.23 Å². The number of hydrogen-bond donors (Lipinski definition) is 2. The van der Waals surface area contributed by atoms with E-state index >= 15 is 0 Å². The molecule has 0 aliphatic carbocycles. The summed E-state index contributed by atoms with van der Waals surface area (Å²) in [5.41, 5.74) is 6.45. The fraction of sp³-hybridized carbons (Fsp3) is 0.278. The van der Waals surface area contributed by atoms with Gasteiger partial charge in [-0.05, 0) is 24.3 Å². The SMILES string of the molecule is NC(=O)[N@@+]1(C(=O)CNc2ccccc2)CCCC1Oc1ccncc1. The first-order valence-corrected chi connectivity index (χ1v) is 8.19. The highest BCUT2D eigenvalue weighted by Crippen LogP contribution is 2.30. The Kier molecular flexibility index (Phi) is 4.95. The molecule has 7 heteroatoms. The summed E-state index contributed by atoms with van der Waals surface area (Å²) in [4.78, 5) is 29.1. The Bertz CT molecular complexity index is 739. The molecule has 0 bridgehead atoms. The third-order valence-electron chi connectivity index (χ3n) is 4.43. The molecule has 0 saturated carbocycles. The lowest BCUT2D eigenvalue weighted by atomic mass is 10.3. The maximum Gasteiger partial charge on any atom is 0.424 e. The van der Waals surface area contributed by atoms with Gasteiger partial charge in [0.15, 0.2) is 0 Å². The van der Waals surface area contributed by atoms with Crippen LogP contribution in [0, 0.1) is 0 Å². The molecule has 2 heterocycles. The van der Waals surface area contributed by atoms with E-state index in [0.29, 0.717) is 25.1 Å². The minimum absolute atomic E-state index is 0.00313. The zero-order valence-corrected chi connectivity index (χ0v) is 13.8. The standard InChI is InChI=1S/C18H20N4O3/c19-18(24)22(16(23)13-21-14-5-2-1-3-6-14)12-4-7-17(22)25-15-8-10-20-11-9-15/h1-3,5-6,8-11,17,21H,4,7,12-13H2,(H-,19,24)/p+1/t17?,22-/m1/s1. The summed E-state index contributed by atoms with van der Waals surface area (Å²) in [6, 6.07) is 12.1. The molecule has 1 aromatic heterocycles. The van der Waals surface area contributed by atoms with Crippen LogP contribution < -0.4 is 15.8 Å². The molecule has 1 aromatic carbocycles. The number of nitrogens with one attached hydrogen (secondary N) is 1. The monoisotopic (exact) mass is 341 g/mol. The fourth-order valence-corrected chi connectivity index (χ4v) is 3.14. The number of aromatic nitrogens is 1. The minimum atomic E-state index is -0.684. The zero-order chi connectivity index (χ0) is 17.7. The molecule has 1 fully saturated rings. The second-order valence-corrected chi connectivity index (χ2v) is 5.94. The maximum atomic E-state index is 12.9. The van der Waals surface area contributed by atoms with Crippen LogP contribution in [0.15, 0.2) is 54.9 Å². The number of nitrogens with zero attached hydrogens (tertiary/aromatic N) is 2. The quantitative estimate of drug-likeness (QED) is 0.812. The van der Waals surface area contributed by atoms with Crippen LogP contribution in [-0.4, -0.2) is 40.7 Å². The van der Waals surface area contributed by atoms with Gasteiger partial charge in [0.1, 0.15) is 12.3 Å². The molecule has 1 unspecified atom stereocenters. The van der Waals surface area contributed by atoms with Crippen molar-refractivity contribution in [1.82, 2.24) is 4.98 Å². The Hall–Kier alpha value is -2.93. The predicted octanol–water partition coefficient (Wildman–Crippen LogP) is 2.11. The molecular weight excluding hydrogens is 320 g/mol. The summed E-state index contributed by atoms with van der Waals surface area (Å²) in [5, 5.41) is 3.05. The van der Waals surface area contributed by atoms with E-state index in [2.05, 4.69) is 10.3 Å². The van der Waals surface area contributed by atoms with Crippen molar-refractivity contribution >= 4 is 17.6 Å². The highest BCUT2D eigenvalue weighted by atomic mass is 16.5. The molecule has 7 nitrogen and oxygen atoms in total. The van der Waals surface area contributed by atoms with Gasteiger partial charge in [-0.2, -0.15) is 0 Å². The number of carbonyl (C=O) groups is 2. The number of quaternary nitrogens is 1. The van der Waals surface area contributed by atoms with Crippen molar-refractivity contribution < 1.29 is 18.8 Å². The molecule has 3 N–H and O–H groups in total. The normalized spacial score (nSPS) is 22.3. The van der Waals surface area contributed by atoms with E-state index < -0.39 is 16.7 Å². The first-order chi connectivity index (χ1) is 12.1. The van der Waals surface area contributed by atoms with Gasteiger partial charge in [-0.15, -0.1) is 4.48 Å². The molecule has 3 amide bonds. The lowest BCUT2D eigenvalue weighted by Crippen LogP contribution is -2.65. The molecule has 3 rings (SSSR count). The van der Waals surface area contributed by atoms with Crippen LogP contribution in [0.2, 0.25) is 0 Å². The van der Waals surface area contributed by atoms with Gasteiger partial charge in [0, 0.05) is 30.9 Å². The Labute approximate surface area is 146 Å². The van der Waals surface area contributed by atoms with Crippen LogP contribution in [-0.2, 0) is 4.79 Å². The van der Waals surface area contributed by atoms with Crippen LogP contribution in [0.1, 0.15) is 12.8 Å². The van der Waals surface area contributed by atoms with E-state index in [1.807, 2.05) is 30.3 Å². The number of amides is 3. The van der Waals surface area contributed by atoms with E-state index in [4.69, 9.17) is 10.5 Å². The number of carbonyl (C=O) groups excluding carboxylic acids is 2. The van der Waals surface area contributed by atoms with Crippen LogP contribution in [0.25, 0.3) is 0 Å². The summed E-state index contributed by atoms with van der Waals surface area (Å²) >= 11 is 0. The average Bonchev–Trinajstić information content (AvgIpc) is 3.06. The van der Waals surface area contributed by atoms with Gasteiger partial charge in [-0.25, -0.2) is 9.59 Å². The number of para-hydroxylation sites is 1. The van der Waals surface area contributed by atoms with Gasteiger partial charge >= 0.3 is 11.9 Å². The van der Waals surface area contributed by atoms with E-state index in [-0.39, 0.29) is 12.5 Å². The zero-order valence-electron chi connectivity index (χ0n) is 13.8. The van der Waals surface area contributed by atoms with Crippen molar-refractivity contribution in [2.45, 2.75) is 19.1 Å². The largest absolute Gasteiger partial charge is 0.442 e. The van der Waals surface area contributed by atoms with E-state index in [1.165, 1.54) is 0 Å². The summed E-state index contributed by atoms with van der Waals surface area (Å²) < 4.78 is 5.41. The molecule has 0 radical (unpaired) electrons. The summed E-state index contributed by atoms with van der Waals surface area (Å²) in [7, 11) is 0. The highest BCUT2D eigenvalue weighted by Gasteiger charge is 2.54. The lowest BCUT2D eigenvalue weighted by molar-refractivity contribution is -0.806. The molecule has 2 atom stereocenters. The minimum Gasteiger partial charge on any atom is -0.442 e. The Balaban J connectivity index is 1.77. The van der Waals surface area contributed by atoms with Crippen LogP contribution in [0.5, 0.6) is 5.75 Å². The van der Waals surface area contributed by atoms with E-state index in [1.54, 1.807) is 24.5 Å². The van der Waals surface area contributed by atoms with Gasteiger partial charge in [-0.3, -0.25) is 4.98 Å².